The van der Waals surface area contributed by atoms with Gasteiger partial charge in [0.15, 0.2) is 5.96 Å². The van der Waals surface area contributed by atoms with Gasteiger partial charge in [-0.15, -0.1) is 24.0 Å². The summed E-state index contributed by atoms with van der Waals surface area (Å²) < 4.78 is 43.0. The molecule has 0 aromatic heterocycles. The first kappa shape index (κ1) is 22.2. The molecule has 10 heteroatoms. The third-order valence-corrected chi connectivity index (χ3v) is 4.35. The second kappa shape index (κ2) is 10.3. The van der Waals surface area contributed by atoms with E-state index in [4.69, 9.17) is 10.5 Å². The zero-order chi connectivity index (χ0) is 17.6. The second-order valence-electron chi connectivity index (χ2n) is 5.29. The molecular formula is C15H21F3IN3O2S. The van der Waals surface area contributed by atoms with Crippen LogP contribution in [-0.4, -0.2) is 59.8 Å². The molecule has 25 heavy (non-hydrogen) atoms. The highest BCUT2D eigenvalue weighted by Gasteiger charge is 2.30. The first-order valence-electron chi connectivity index (χ1n) is 7.47. The quantitative estimate of drug-likeness (QED) is 0.376. The van der Waals surface area contributed by atoms with Crippen molar-refractivity contribution in [1.29, 1.82) is 0 Å². The molecule has 3 N–H and O–H groups in total. The Balaban J connectivity index is 0.00000312. The van der Waals surface area contributed by atoms with Crippen molar-refractivity contribution in [2.24, 2.45) is 10.7 Å². The Hall–Kier alpha value is -0.880. The molecule has 1 saturated heterocycles. The third-order valence-electron chi connectivity index (χ3n) is 3.40. The van der Waals surface area contributed by atoms with Gasteiger partial charge in [0.1, 0.15) is 18.5 Å². The largest absolute Gasteiger partial charge is 0.491 e. The van der Waals surface area contributed by atoms with Gasteiger partial charge in [0.05, 0.1) is 12.1 Å². The molecule has 5 nitrogen and oxygen atoms in total. The highest BCUT2D eigenvalue weighted by molar-refractivity contribution is 14.0. The number of hydrogen-bond acceptors (Lipinski definition) is 4. The van der Waals surface area contributed by atoms with E-state index >= 15 is 0 Å². The summed E-state index contributed by atoms with van der Waals surface area (Å²) in [6.07, 6.45) is -5.37. The maximum Gasteiger partial charge on any atom is 0.416 e. The fourth-order valence-electron chi connectivity index (χ4n) is 2.10. The van der Waals surface area contributed by atoms with Gasteiger partial charge < -0.3 is 20.5 Å². The molecule has 2 rings (SSSR count). The van der Waals surface area contributed by atoms with Crippen LogP contribution in [0.2, 0.25) is 0 Å². The average molecular weight is 491 g/mol. The number of benzene rings is 1. The Morgan fingerprint density at radius 3 is 2.68 bits per heavy atom. The van der Waals surface area contributed by atoms with Gasteiger partial charge in [0.25, 0.3) is 0 Å². The number of nitrogens with zero attached hydrogens (tertiary/aromatic N) is 2. The molecule has 0 aliphatic carbocycles. The number of nitrogens with two attached hydrogens (primary N) is 1. The first-order chi connectivity index (χ1) is 11.4. The van der Waals surface area contributed by atoms with Crippen molar-refractivity contribution in [2.45, 2.75) is 12.3 Å². The van der Waals surface area contributed by atoms with E-state index in [2.05, 4.69) is 4.99 Å². The van der Waals surface area contributed by atoms with Gasteiger partial charge in [-0.25, -0.2) is 0 Å². The molecule has 1 fully saturated rings. The normalized spacial score (nSPS) is 17.0. The predicted molar refractivity (Wildman–Crippen MR) is 104 cm³/mol. The Bertz CT molecular complexity index is 569. The standard InChI is InChI=1S/C15H20F3N3O2S.HI/c16-15(17,18)11-2-1-3-13(8-11)23-10-12(22)9-20-14(19)21-4-6-24-7-5-21;/h1-3,8,12,22H,4-7,9-10H2,(H2,19,20);1H. The molecule has 1 unspecified atom stereocenters. The number of aliphatic hydroxyl groups is 1. The van der Waals surface area contributed by atoms with E-state index in [0.717, 1.165) is 36.7 Å². The van der Waals surface area contributed by atoms with E-state index in [1.54, 1.807) is 0 Å². The van der Waals surface area contributed by atoms with Crippen molar-refractivity contribution in [3.05, 3.63) is 29.8 Å². The van der Waals surface area contributed by atoms with E-state index < -0.39 is 17.8 Å². The van der Waals surface area contributed by atoms with E-state index in [1.165, 1.54) is 12.1 Å². The molecular weight excluding hydrogens is 470 g/mol. The monoisotopic (exact) mass is 491 g/mol. The molecule has 142 valence electrons. The Labute approximate surface area is 165 Å². The molecule has 1 aromatic rings. The van der Waals surface area contributed by atoms with Crippen molar-refractivity contribution >= 4 is 41.7 Å². The lowest BCUT2D eigenvalue weighted by atomic mass is 10.2. The lowest BCUT2D eigenvalue weighted by Gasteiger charge is -2.27. The summed E-state index contributed by atoms with van der Waals surface area (Å²) in [5.41, 5.74) is 5.07. The third kappa shape index (κ3) is 7.48. The Kier molecular flexibility index (Phi) is 9.14. The van der Waals surface area contributed by atoms with Crippen LogP contribution in [0.25, 0.3) is 0 Å². The molecule has 1 atom stereocenters. The van der Waals surface area contributed by atoms with Crippen LogP contribution < -0.4 is 10.5 Å². The SMILES string of the molecule is I.NC(=NCC(O)COc1cccc(C(F)(F)F)c1)N1CCSCC1. The highest BCUT2D eigenvalue weighted by atomic mass is 127. The number of thioether (sulfide) groups is 1. The van der Waals surface area contributed by atoms with Crippen LogP contribution in [0.5, 0.6) is 5.75 Å². The van der Waals surface area contributed by atoms with Gasteiger partial charge in [0.2, 0.25) is 0 Å². The van der Waals surface area contributed by atoms with Crippen LogP contribution in [0.15, 0.2) is 29.3 Å². The van der Waals surface area contributed by atoms with Gasteiger partial charge in [-0.3, -0.25) is 4.99 Å². The molecule has 1 aliphatic rings. The van der Waals surface area contributed by atoms with Crippen molar-refractivity contribution < 1.29 is 23.0 Å². The van der Waals surface area contributed by atoms with Gasteiger partial charge >= 0.3 is 6.18 Å². The molecule has 0 saturated carbocycles. The fourth-order valence-corrected chi connectivity index (χ4v) is 3.00. The molecule has 0 amide bonds. The van der Waals surface area contributed by atoms with Gasteiger partial charge in [-0.1, -0.05) is 6.07 Å². The maximum absolute atomic E-state index is 12.6. The summed E-state index contributed by atoms with van der Waals surface area (Å²) in [4.78, 5) is 6.06. The number of rotatable bonds is 5. The number of aliphatic imine (C=N–C) groups is 1. The molecule has 1 heterocycles. The minimum atomic E-state index is -4.43. The summed E-state index contributed by atoms with van der Waals surface area (Å²) in [5, 5.41) is 9.85. The summed E-state index contributed by atoms with van der Waals surface area (Å²) >= 11 is 1.85. The van der Waals surface area contributed by atoms with Crippen LogP contribution in [0.4, 0.5) is 13.2 Å². The lowest BCUT2D eigenvalue weighted by Crippen LogP contribution is -2.43. The molecule has 0 bridgehead atoms. The van der Waals surface area contributed by atoms with Crippen LogP contribution in [0.1, 0.15) is 5.56 Å². The average Bonchev–Trinajstić information content (AvgIpc) is 2.58. The Morgan fingerprint density at radius 2 is 2.04 bits per heavy atom. The van der Waals surface area contributed by atoms with Gasteiger partial charge in [-0.05, 0) is 18.2 Å². The predicted octanol–water partition coefficient (Wildman–Crippen LogP) is 2.43. The topological polar surface area (TPSA) is 71.1 Å². The van der Waals surface area contributed by atoms with E-state index in [1.807, 2.05) is 16.7 Å². The zero-order valence-electron chi connectivity index (χ0n) is 13.4. The maximum atomic E-state index is 12.6. The number of ether oxygens (including phenoxy) is 1. The number of hydrogen-bond donors (Lipinski definition) is 2. The minimum Gasteiger partial charge on any atom is -0.491 e. The van der Waals surface area contributed by atoms with Crippen molar-refractivity contribution in [3.63, 3.8) is 0 Å². The van der Waals surface area contributed by atoms with Crippen molar-refractivity contribution in [1.82, 2.24) is 4.90 Å². The molecule has 0 radical (unpaired) electrons. The summed E-state index contributed by atoms with van der Waals surface area (Å²) in [7, 11) is 0. The molecule has 1 aliphatic heterocycles. The summed E-state index contributed by atoms with van der Waals surface area (Å²) in [6, 6.07) is 4.53. The van der Waals surface area contributed by atoms with E-state index in [0.29, 0.717) is 5.96 Å². The highest BCUT2D eigenvalue weighted by Crippen LogP contribution is 2.31. The van der Waals surface area contributed by atoms with Gasteiger partial charge in [-0.2, -0.15) is 24.9 Å². The smallest absolute Gasteiger partial charge is 0.416 e. The summed E-state index contributed by atoms with van der Waals surface area (Å²) in [5.74, 6) is 2.39. The number of aliphatic hydroxyl groups excluding tert-OH is 1. The molecule has 0 spiro atoms. The second-order valence-corrected chi connectivity index (χ2v) is 6.51. The van der Waals surface area contributed by atoms with Gasteiger partial charge in [0, 0.05) is 24.6 Å². The van der Waals surface area contributed by atoms with Crippen LogP contribution in [-0.2, 0) is 6.18 Å². The van der Waals surface area contributed by atoms with E-state index in [9.17, 15) is 18.3 Å². The molecule has 1 aromatic carbocycles. The van der Waals surface area contributed by atoms with Crippen LogP contribution in [0.3, 0.4) is 0 Å². The zero-order valence-corrected chi connectivity index (χ0v) is 16.6. The van der Waals surface area contributed by atoms with Crippen molar-refractivity contribution in [2.75, 3.05) is 37.7 Å². The fraction of sp³-hybridized carbons (Fsp3) is 0.533. The Morgan fingerprint density at radius 1 is 1.36 bits per heavy atom. The minimum absolute atomic E-state index is 0. The van der Waals surface area contributed by atoms with Crippen LogP contribution in [0, 0.1) is 0 Å². The van der Waals surface area contributed by atoms with Crippen LogP contribution >= 0.6 is 35.7 Å². The summed E-state index contributed by atoms with van der Waals surface area (Å²) in [6.45, 7) is 1.51. The van der Waals surface area contributed by atoms with Crippen molar-refractivity contribution in [3.8, 4) is 5.75 Å². The number of halogens is 4. The number of alkyl halides is 3. The first-order valence-corrected chi connectivity index (χ1v) is 8.62. The van der Waals surface area contributed by atoms with E-state index in [-0.39, 0.29) is 42.9 Å². The lowest BCUT2D eigenvalue weighted by molar-refractivity contribution is -0.137. The number of guanidine groups is 1.